The zero-order valence-electron chi connectivity index (χ0n) is 6.17. The minimum atomic E-state index is 0.482. The van der Waals surface area contributed by atoms with Gasteiger partial charge in [-0.1, -0.05) is 12.5 Å². The van der Waals surface area contributed by atoms with Gasteiger partial charge in [0.15, 0.2) is 0 Å². The maximum Gasteiger partial charge on any atom is 0.111 e. The first-order valence-corrected chi connectivity index (χ1v) is 3.92. The number of hydrogen-bond donors (Lipinski definition) is 1. The molecule has 1 saturated carbocycles. The topological polar surface area (TPSA) is 20.2 Å². The van der Waals surface area contributed by atoms with Crippen molar-refractivity contribution >= 4 is 0 Å². The van der Waals surface area contributed by atoms with Gasteiger partial charge in [-0.25, -0.2) is 0 Å². The summed E-state index contributed by atoms with van der Waals surface area (Å²) in [7, 11) is 0. The van der Waals surface area contributed by atoms with E-state index >= 15 is 0 Å². The molecule has 0 bridgehead atoms. The SMILES string of the molecule is CCC1=CC(O)=CC2CC12. The molecule has 2 rings (SSSR count). The fourth-order valence-corrected chi connectivity index (χ4v) is 1.75. The second-order valence-corrected chi connectivity index (χ2v) is 3.17. The van der Waals surface area contributed by atoms with Crippen molar-refractivity contribution in [2.75, 3.05) is 0 Å². The Kier molecular flexibility index (Phi) is 1.13. The minimum absolute atomic E-state index is 0.482. The highest BCUT2D eigenvalue weighted by Gasteiger charge is 2.39. The van der Waals surface area contributed by atoms with E-state index < -0.39 is 0 Å². The van der Waals surface area contributed by atoms with Crippen molar-refractivity contribution in [3.63, 3.8) is 0 Å². The zero-order chi connectivity index (χ0) is 7.14. The molecule has 0 radical (unpaired) electrons. The highest BCUT2D eigenvalue weighted by molar-refractivity contribution is 5.32. The molecule has 0 heterocycles. The maximum absolute atomic E-state index is 9.19. The summed E-state index contributed by atoms with van der Waals surface area (Å²) < 4.78 is 0. The zero-order valence-corrected chi connectivity index (χ0v) is 6.17. The molecule has 54 valence electrons. The second-order valence-electron chi connectivity index (χ2n) is 3.17. The Morgan fingerprint density at radius 2 is 2.50 bits per heavy atom. The molecule has 1 N–H and O–H groups in total. The highest BCUT2D eigenvalue weighted by atomic mass is 16.3. The number of aliphatic hydroxyl groups excluding tert-OH is 1. The molecule has 10 heavy (non-hydrogen) atoms. The van der Waals surface area contributed by atoms with Crippen molar-refractivity contribution < 1.29 is 5.11 Å². The van der Waals surface area contributed by atoms with Crippen LogP contribution < -0.4 is 0 Å². The first kappa shape index (κ1) is 6.02. The molecular formula is C9H12O. The Morgan fingerprint density at radius 1 is 1.70 bits per heavy atom. The van der Waals surface area contributed by atoms with Crippen LogP contribution in [0.1, 0.15) is 19.8 Å². The summed E-state index contributed by atoms with van der Waals surface area (Å²) >= 11 is 0. The van der Waals surface area contributed by atoms with Crippen LogP contribution in [0, 0.1) is 11.8 Å². The summed E-state index contributed by atoms with van der Waals surface area (Å²) in [5.41, 5.74) is 1.44. The molecule has 0 spiro atoms. The maximum atomic E-state index is 9.19. The molecule has 0 aromatic rings. The molecule has 0 aromatic carbocycles. The Bertz CT molecular complexity index is 213. The summed E-state index contributed by atoms with van der Waals surface area (Å²) in [6, 6.07) is 0. The van der Waals surface area contributed by atoms with Gasteiger partial charge in [-0.05, 0) is 36.8 Å². The van der Waals surface area contributed by atoms with Crippen molar-refractivity contribution in [3.05, 3.63) is 23.5 Å². The van der Waals surface area contributed by atoms with Crippen LogP contribution in [0.25, 0.3) is 0 Å². The van der Waals surface area contributed by atoms with Gasteiger partial charge in [-0.3, -0.25) is 0 Å². The van der Waals surface area contributed by atoms with Gasteiger partial charge in [0.25, 0.3) is 0 Å². The average Bonchev–Trinajstić information content (AvgIpc) is 2.64. The average molecular weight is 136 g/mol. The van der Waals surface area contributed by atoms with Crippen LogP contribution in [0.4, 0.5) is 0 Å². The third-order valence-corrected chi connectivity index (χ3v) is 2.44. The smallest absolute Gasteiger partial charge is 0.111 e. The van der Waals surface area contributed by atoms with Crippen molar-refractivity contribution in [3.8, 4) is 0 Å². The Labute approximate surface area is 61.1 Å². The molecule has 2 aliphatic rings. The van der Waals surface area contributed by atoms with E-state index in [1.54, 1.807) is 0 Å². The fourth-order valence-electron chi connectivity index (χ4n) is 1.75. The fraction of sp³-hybridized carbons (Fsp3) is 0.556. The molecule has 0 saturated heterocycles. The molecule has 2 atom stereocenters. The predicted octanol–water partition coefficient (Wildman–Crippen LogP) is 2.41. The van der Waals surface area contributed by atoms with E-state index in [-0.39, 0.29) is 0 Å². The molecule has 0 aliphatic heterocycles. The van der Waals surface area contributed by atoms with E-state index in [9.17, 15) is 5.11 Å². The summed E-state index contributed by atoms with van der Waals surface area (Å²) in [6.45, 7) is 2.15. The van der Waals surface area contributed by atoms with Crippen LogP contribution in [0.3, 0.4) is 0 Å². The Morgan fingerprint density at radius 3 is 3.20 bits per heavy atom. The lowest BCUT2D eigenvalue weighted by molar-refractivity contribution is 0.423. The summed E-state index contributed by atoms with van der Waals surface area (Å²) in [6.07, 6.45) is 6.26. The van der Waals surface area contributed by atoms with E-state index in [0.29, 0.717) is 11.7 Å². The van der Waals surface area contributed by atoms with Gasteiger partial charge in [0.1, 0.15) is 5.76 Å². The molecule has 2 unspecified atom stereocenters. The molecule has 1 nitrogen and oxygen atoms in total. The van der Waals surface area contributed by atoms with Crippen molar-refractivity contribution in [1.29, 1.82) is 0 Å². The quantitative estimate of drug-likeness (QED) is 0.587. The number of hydrogen-bond acceptors (Lipinski definition) is 1. The van der Waals surface area contributed by atoms with E-state index in [1.807, 2.05) is 12.2 Å². The number of fused-ring (bicyclic) bond motifs is 1. The van der Waals surface area contributed by atoms with Gasteiger partial charge < -0.3 is 5.11 Å². The lowest BCUT2D eigenvalue weighted by Gasteiger charge is -2.06. The van der Waals surface area contributed by atoms with E-state index in [0.717, 1.165) is 12.3 Å². The lowest BCUT2D eigenvalue weighted by Crippen LogP contribution is -1.94. The lowest BCUT2D eigenvalue weighted by atomic mass is 10.0. The molecule has 1 heteroatoms. The van der Waals surface area contributed by atoms with Crippen LogP contribution in [0.5, 0.6) is 0 Å². The van der Waals surface area contributed by atoms with Crippen molar-refractivity contribution in [1.82, 2.24) is 0 Å². The largest absolute Gasteiger partial charge is 0.508 e. The Hall–Kier alpha value is -0.720. The second kappa shape index (κ2) is 1.88. The van der Waals surface area contributed by atoms with Crippen LogP contribution in [-0.2, 0) is 0 Å². The standard InChI is InChI=1S/C9H12O/c1-2-6-3-8(10)4-7-5-9(6)7/h3-4,7,9-10H,2,5H2,1H3. The number of rotatable bonds is 1. The molecule has 1 fully saturated rings. The molecule has 0 amide bonds. The van der Waals surface area contributed by atoms with Crippen molar-refractivity contribution in [2.24, 2.45) is 11.8 Å². The van der Waals surface area contributed by atoms with Gasteiger partial charge in [-0.2, -0.15) is 0 Å². The molecule has 0 aromatic heterocycles. The summed E-state index contributed by atoms with van der Waals surface area (Å²) in [5, 5.41) is 9.19. The van der Waals surface area contributed by atoms with Gasteiger partial charge in [0.05, 0.1) is 0 Å². The van der Waals surface area contributed by atoms with Crippen LogP contribution >= 0.6 is 0 Å². The van der Waals surface area contributed by atoms with Crippen molar-refractivity contribution in [2.45, 2.75) is 19.8 Å². The van der Waals surface area contributed by atoms with Crippen LogP contribution in [-0.4, -0.2) is 5.11 Å². The van der Waals surface area contributed by atoms with E-state index in [1.165, 1.54) is 12.0 Å². The normalized spacial score (nSPS) is 36.1. The molecular weight excluding hydrogens is 124 g/mol. The van der Waals surface area contributed by atoms with Crippen LogP contribution in [0.2, 0.25) is 0 Å². The van der Waals surface area contributed by atoms with Gasteiger partial charge in [0, 0.05) is 0 Å². The highest BCUT2D eigenvalue weighted by Crippen LogP contribution is 2.49. The Balaban J connectivity index is 2.25. The van der Waals surface area contributed by atoms with Gasteiger partial charge >= 0.3 is 0 Å². The molecule has 2 aliphatic carbocycles. The number of aliphatic hydroxyl groups is 1. The third-order valence-electron chi connectivity index (χ3n) is 2.44. The monoisotopic (exact) mass is 136 g/mol. The van der Waals surface area contributed by atoms with Gasteiger partial charge in [-0.15, -0.1) is 0 Å². The minimum Gasteiger partial charge on any atom is -0.508 e. The third kappa shape index (κ3) is 0.772. The first-order chi connectivity index (χ1) is 4.81. The number of allylic oxidation sites excluding steroid dienone is 3. The first-order valence-electron chi connectivity index (χ1n) is 3.92. The van der Waals surface area contributed by atoms with E-state index in [2.05, 4.69) is 6.92 Å². The summed E-state index contributed by atoms with van der Waals surface area (Å²) in [5.74, 6) is 1.96. The van der Waals surface area contributed by atoms with Gasteiger partial charge in [0.2, 0.25) is 0 Å². The summed E-state index contributed by atoms with van der Waals surface area (Å²) in [4.78, 5) is 0. The van der Waals surface area contributed by atoms with Crippen LogP contribution in [0.15, 0.2) is 23.5 Å². The van der Waals surface area contributed by atoms with E-state index in [4.69, 9.17) is 0 Å². The predicted molar refractivity (Wildman–Crippen MR) is 40.7 cm³/mol.